The molecule has 2 fully saturated rings. The molecule has 0 aromatic heterocycles. The number of likely N-dealkylation sites (N-methyl/N-ethyl adjacent to an activating group) is 1. The molecule has 94 valence electrons. The molecule has 2 unspecified atom stereocenters. The lowest BCUT2D eigenvalue weighted by molar-refractivity contribution is 0.233. The summed E-state index contributed by atoms with van der Waals surface area (Å²) in [6.07, 6.45) is 5.79. The van der Waals surface area contributed by atoms with Gasteiger partial charge in [0.2, 0.25) is 0 Å². The molecule has 2 nitrogen and oxygen atoms in total. The average Bonchev–Trinajstić information content (AvgIpc) is 3.00. The molecule has 0 saturated heterocycles. The van der Waals surface area contributed by atoms with Gasteiger partial charge >= 0.3 is 0 Å². The van der Waals surface area contributed by atoms with Crippen molar-refractivity contribution in [3.63, 3.8) is 0 Å². The molecule has 2 aliphatic rings. The van der Waals surface area contributed by atoms with Crippen molar-refractivity contribution >= 4 is 0 Å². The highest BCUT2D eigenvalue weighted by molar-refractivity contribution is 4.92. The van der Waals surface area contributed by atoms with Crippen molar-refractivity contribution in [2.75, 3.05) is 20.6 Å². The van der Waals surface area contributed by atoms with Crippen molar-refractivity contribution in [3.05, 3.63) is 0 Å². The highest BCUT2D eigenvalue weighted by Crippen LogP contribution is 2.37. The first-order valence-electron chi connectivity index (χ1n) is 6.99. The van der Waals surface area contributed by atoms with Crippen molar-refractivity contribution in [2.24, 2.45) is 17.8 Å². The van der Waals surface area contributed by atoms with Crippen LogP contribution >= 0.6 is 0 Å². The predicted octanol–water partition coefficient (Wildman–Crippen LogP) is 2.35. The Morgan fingerprint density at radius 2 is 1.62 bits per heavy atom. The lowest BCUT2D eigenvalue weighted by atomic mass is 9.99. The first kappa shape index (κ1) is 12.4. The third-order valence-electron chi connectivity index (χ3n) is 4.24. The Kier molecular flexibility index (Phi) is 3.91. The SMILES string of the molecule is CC(C)C(NCC(C1CC1)N(C)C)C1CC1. The van der Waals surface area contributed by atoms with Crippen LogP contribution in [0.1, 0.15) is 39.5 Å². The van der Waals surface area contributed by atoms with Gasteiger partial charge in [0.1, 0.15) is 0 Å². The standard InChI is InChI=1S/C14H28N2/c1-10(2)14(12-7-8-12)15-9-13(16(3)4)11-5-6-11/h10-15H,5-9H2,1-4H3. The molecule has 2 saturated carbocycles. The maximum absolute atomic E-state index is 3.84. The molecular formula is C14H28N2. The zero-order chi connectivity index (χ0) is 11.7. The van der Waals surface area contributed by atoms with Gasteiger partial charge in [0.25, 0.3) is 0 Å². The van der Waals surface area contributed by atoms with Crippen molar-refractivity contribution in [3.8, 4) is 0 Å². The van der Waals surface area contributed by atoms with Crippen LogP contribution in [-0.4, -0.2) is 37.6 Å². The van der Waals surface area contributed by atoms with Gasteiger partial charge in [-0.15, -0.1) is 0 Å². The van der Waals surface area contributed by atoms with Gasteiger partial charge in [-0.3, -0.25) is 0 Å². The van der Waals surface area contributed by atoms with Gasteiger partial charge in [-0.2, -0.15) is 0 Å². The molecule has 0 radical (unpaired) electrons. The van der Waals surface area contributed by atoms with Gasteiger partial charge in [-0.1, -0.05) is 13.8 Å². The number of rotatable bonds is 7. The van der Waals surface area contributed by atoms with E-state index in [1.165, 1.54) is 32.2 Å². The van der Waals surface area contributed by atoms with Crippen LogP contribution in [0.3, 0.4) is 0 Å². The van der Waals surface area contributed by atoms with Crippen molar-refractivity contribution in [1.29, 1.82) is 0 Å². The van der Waals surface area contributed by atoms with Crippen LogP contribution in [0, 0.1) is 17.8 Å². The van der Waals surface area contributed by atoms with Crippen molar-refractivity contribution in [2.45, 2.75) is 51.6 Å². The summed E-state index contributed by atoms with van der Waals surface area (Å²) < 4.78 is 0. The highest BCUT2D eigenvalue weighted by Gasteiger charge is 2.36. The maximum atomic E-state index is 3.84. The molecule has 2 rings (SSSR count). The topological polar surface area (TPSA) is 15.3 Å². The molecule has 0 aromatic carbocycles. The van der Waals surface area contributed by atoms with Crippen LogP contribution in [0.4, 0.5) is 0 Å². The van der Waals surface area contributed by atoms with Gasteiger partial charge in [0.15, 0.2) is 0 Å². The lowest BCUT2D eigenvalue weighted by Crippen LogP contribution is -2.45. The predicted molar refractivity (Wildman–Crippen MR) is 69.6 cm³/mol. The molecule has 0 aliphatic heterocycles. The van der Waals surface area contributed by atoms with E-state index in [1.54, 1.807) is 0 Å². The third-order valence-corrected chi connectivity index (χ3v) is 4.24. The minimum atomic E-state index is 0.764. The maximum Gasteiger partial charge on any atom is 0.0242 e. The molecule has 0 heterocycles. The van der Waals surface area contributed by atoms with Gasteiger partial charge in [0.05, 0.1) is 0 Å². The van der Waals surface area contributed by atoms with Crippen LogP contribution in [0.25, 0.3) is 0 Å². The molecule has 0 aromatic rings. The molecule has 0 spiro atoms. The Morgan fingerprint density at radius 3 is 2.00 bits per heavy atom. The van der Waals surface area contributed by atoms with E-state index in [2.05, 4.69) is 38.2 Å². The summed E-state index contributed by atoms with van der Waals surface area (Å²) in [5.41, 5.74) is 0. The Labute approximate surface area is 101 Å². The second-order valence-corrected chi connectivity index (χ2v) is 6.38. The molecule has 2 heteroatoms. The minimum Gasteiger partial charge on any atom is -0.312 e. The van der Waals surface area contributed by atoms with Gasteiger partial charge in [-0.05, 0) is 57.5 Å². The van der Waals surface area contributed by atoms with Crippen LogP contribution < -0.4 is 5.32 Å². The Hall–Kier alpha value is -0.0800. The summed E-state index contributed by atoms with van der Waals surface area (Å²) in [7, 11) is 4.46. The number of hydrogen-bond donors (Lipinski definition) is 1. The molecule has 0 bridgehead atoms. The summed E-state index contributed by atoms with van der Waals surface area (Å²) in [5.74, 6) is 2.73. The monoisotopic (exact) mass is 224 g/mol. The van der Waals surface area contributed by atoms with Crippen LogP contribution in [-0.2, 0) is 0 Å². The molecule has 2 aliphatic carbocycles. The average molecular weight is 224 g/mol. The van der Waals surface area contributed by atoms with E-state index >= 15 is 0 Å². The summed E-state index contributed by atoms with van der Waals surface area (Å²) in [4.78, 5) is 2.41. The van der Waals surface area contributed by atoms with Crippen molar-refractivity contribution < 1.29 is 0 Å². The van der Waals surface area contributed by atoms with Crippen LogP contribution in [0.2, 0.25) is 0 Å². The molecule has 1 N–H and O–H groups in total. The highest BCUT2D eigenvalue weighted by atomic mass is 15.1. The first-order chi connectivity index (χ1) is 7.59. The van der Waals surface area contributed by atoms with E-state index in [0.717, 1.165) is 29.8 Å². The quantitative estimate of drug-likeness (QED) is 0.714. The smallest absolute Gasteiger partial charge is 0.0242 e. The molecule has 2 atom stereocenters. The molecule has 16 heavy (non-hydrogen) atoms. The summed E-state index contributed by atoms with van der Waals surface area (Å²) in [5, 5.41) is 3.84. The van der Waals surface area contributed by atoms with Crippen LogP contribution in [0.15, 0.2) is 0 Å². The first-order valence-corrected chi connectivity index (χ1v) is 6.99. The van der Waals surface area contributed by atoms with E-state index in [9.17, 15) is 0 Å². The Bertz CT molecular complexity index is 189. The zero-order valence-corrected chi connectivity index (χ0v) is 11.4. The van der Waals surface area contributed by atoms with Crippen molar-refractivity contribution in [1.82, 2.24) is 10.2 Å². The summed E-state index contributed by atoms with van der Waals surface area (Å²) >= 11 is 0. The lowest BCUT2D eigenvalue weighted by Gasteiger charge is -2.29. The van der Waals surface area contributed by atoms with E-state index in [4.69, 9.17) is 0 Å². The van der Waals surface area contributed by atoms with Crippen LogP contribution in [0.5, 0.6) is 0 Å². The van der Waals surface area contributed by atoms with E-state index in [1.807, 2.05) is 0 Å². The zero-order valence-electron chi connectivity index (χ0n) is 11.4. The fraction of sp³-hybridized carbons (Fsp3) is 1.00. The number of nitrogens with one attached hydrogen (secondary N) is 1. The molecule has 0 amide bonds. The normalized spacial score (nSPS) is 25.1. The fourth-order valence-corrected chi connectivity index (χ4v) is 2.91. The summed E-state index contributed by atoms with van der Waals surface area (Å²) in [6.45, 7) is 5.91. The fourth-order valence-electron chi connectivity index (χ4n) is 2.91. The number of hydrogen-bond acceptors (Lipinski definition) is 2. The van der Waals surface area contributed by atoms with E-state index in [0.29, 0.717) is 0 Å². The van der Waals surface area contributed by atoms with E-state index in [-0.39, 0.29) is 0 Å². The van der Waals surface area contributed by atoms with Gasteiger partial charge < -0.3 is 10.2 Å². The van der Waals surface area contributed by atoms with Gasteiger partial charge in [0, 0.05) is 18.6 Å². The minimum absolute atomic E-state index is 0.764. The largest absolute Gasteiger partial charge is 0.312 e. The second kappa shape index (κ2) is 5.05. The summed E-state index contributed by atoms with van der Waals surface area (Å²) in [6, 6.07) is 1.53. The number of nitrogens with zero attached hydrogens (tertiary/aromatic N) is 1. The Balaban J connectivity index is 1.78. The second-order valence-electron chi connectivity index (χ2n) is 6.38. The Morgan fingerprint density at radius 1 is 1.06 bits per heavy atom. The van der Waals surface area contributed by atoms with Gasteiger partial charge in [-0.25, -0.2) is 0 Å². The molecular weight excluding hydrogens is 196 g/mol. The third kappa shape index (κ3) is 3.21. The van der Waals surface area contributed by atoms with E-state index < -0.39 is 0 Å².